The van der Waals surface area contributed by atoms with Crippen LogP contribution in [0, 0.1) is 11.6 Å². The number of ether oxygens (including phenoxy) is 1. The average Bonchev–Trinajstić information content (AvgIpc) is 2.52. The molecular formula is C17H19F2NO. The standard InChI is InChI=1S/C17H19F2NO/c1-3-12-7-9-13(10-8-12)21-11-16(20-2)14-5-4-6-15(18)17(14)19/h4-10,16,20H,3,11H2,1-2H3. The largest absolute Gasteiger partial charge is 0.492 e. The predicted octanol–water partition coefficient (Wildman–Crippen LogP) is 3.87. The van der Waals surface area contributed by atoms with Gasteiger partial charge in [0.25, 0.3) is 0 Å². The van der Waals surface area contributed by atoms with Gasteiger partial charge in [-0.05, 0) is 37.2 Å². The molecule has 0 radical (unpaired) electrons. The molecule has 1 atom stereocenters. The lowest BCUT2D eigenvalue weighted by Gasteiger charge is -2.18. The number of halogens is 2. The van der Waals surface area contributed by atoms with Gasteiger partial charge in [-0.15, -0.1) is 0 Å². The van der Waals surface area contributed by atoms with E-state index in [1.165, 1.54) is 11.6 Å². The zero-order chi connectivity index (χ0) is 15.2. The first-order chi connectivity index (χ1) is 10.2. The molecule has 0 aliphatic rings. The number of likely N-dealkylation sites (N-methyl/N-ethyl adjacent to an activating group) is 1. The van der Waals surface area contributed by atoms with Crippen molar-refractivity contribution in [3.8, 4) is 5.75 Å². The van der Waals surface area contributed by atoms with E-state index in [0.29, 0.717) is 5.75 Å². The van der Waals surface area contributed by atoms with Gasteiger partial charge in [-0.2, -0.15) is 0 Å². The Hall–Kier alpha value is -1.94. The van der Waals surface area contributed by atoms with E-state index in [4.69, 9.17) is 4.74 Å². The van der Waals surface area contributed by atoms with Crippen molar-refractivity contribution in [2.45, 2.75) is 19.4 Å². The molecule has 0 aliphatic heterocycles. The molecule has 21 heavy (non-hydrogen) atoms. The second kappa shape index (κ2) is 7.18. The summed E-state index contributed by atoms with van der Waals surface area (Å²) in [6, 6.07) is 11.5. The van der Waals surface area contributed by atoms with Gasteiger partial charge in [0.2, 0.25) is 0 Å². The molecule has 0 amide bonds. The predicted molar refractivity (Wildman–Crippen MR) is 79.5 cm³/mol. The summed E-state index contributed by atoms with van der Waals surface area (Å²) in [5, 5.41) is 2.95. The van der Waals surface area contributed by atoms with Crippen molar-refractivity contribution in [1.82, 2.24) is 5.32 Å². The van der Waals surface area contributed by atoms with E-state index in [9.17, 15) is 8.78 Å². The van der Waals surface area contributed by atoms with Crippen LogP contribution < -0.4 is 10.1 Å². The van der Waals surface area contributed by atoms with Crippen LogP contribution in [0.1, 0.15) is 24.1 Å². The van der Waals surface area contributed by atoms with E-state index < -0.39 is 17.7 Å². The first kappa shape index (κ1) is 15.4. The lowest BCUT2D eigenvalue weighted by molar-refractivity contribution is 0.268. The van der Waals surface area contributed by atoms with E-state index in [2.05, 4.69) is 12.2 Å². The highest BCUT2D eigenvalue weighted by Gasteiger charge is 2.17. The maximum Gasteiger partial charge on any atom is 0.163 e. The molecule has 0 fully saturated rings. The number of benzene rings is 2. The van der Waals surface area contributed by atoms with Crippen LogP contribution in [0.5, 0.6) is 5.75 Å². The Morgan fingerprint density at radius 3 is 2.43 bits per heavy atom. The average molecular weight is 291 g/mol. The van der Waals surface area contributed by atoms with Crippen molar-refractivity contribution in [2.75, 3.05) is 13.7 Å². The summed E-state index contributed by atoms with van der Waals surface area (Å²) in [5.41, 5.74) is 1.49. The third-order valence-corrected chi connectivity index (χ3v) is 3.45. The van der Waals surface area contributed by atoms with Gasteiger partial charge in [0.1, 0.15) is 12.4 Å². The Morgan fingerprint density at radius 2 is 1.81 bits per heavy atom. The minimum atomic E-state index is -0.847. The van der Waals surface area contributed by atoms with Gasteiger partial charge < -0.3 is 10.1 Å². The van der Waals surface area contributed by atoms with Crippen molar-refractivity contribution in [3.63, 3.8) is 0 Å². The Labute approximate surface area is 123 Å². The van der Waals surface area contributed by atoms with Gasteiger partial charge in [0, 0.05) is 5.56 Å². The topological polar surface area (TPSA) is 21.3 Å². The molecule has 2 nitrogen and oxygen atoms in total. The third-order valence-electron chi connectivity index (χ3n) is 3.45. The van der Waals surface area contributed by atoms with Gasteiger partial charge in [-0.25, -0.2) is 8.78 Å². The maximum absolute atomic E-state index is 13.8. The first-order valence-corrected chi connectivity index (χ1v) is 6.98. The Bertz CT molecular complexity index is 584. The zero-order valence-corrected chi connectivity index (χ0v) is 12.2. The molecule has 2 aromatic carbocycles. The van der Waals surface area contributed by atoms with Gasteiger partial charge in [-0.1, -0.05) is 31.2 Å². The maximum atomic E-state index is 13.8. The number of aryl methyl sites for hydroxylation is 1. The molecule has 2 aromatic rings. The molecule has 0 saturated carbocycles. The molecule has 2 rings (SSSR count). The van der Waals surface area contributed by atoms with Crippen molar-refractivity contribution in [2.24, 2.45) is 0 Å². The van der Waals surface area contributed by atoms with Crippen LogP contribution in [-0.4, -0.2) is 13.7 Å². The molecule has 1 N–H and O–H groups in total. The SMILES string of the molecule is CCc1ccc(OCC(NC)c2cccc(F)c2F)cc1. The van der Waals surface area contributed by atoms with Crippen molar-refractivity contribution in [1.29, 1.82) is 0 Å². The van der Waals surface area contributed by atoms with Gasteiger partial charge in [0.15, 0.2) is 11.6 Å². The van der Waals surface area contributed by atoms with Crippen LogP contribution in [0.2, 0.25) is 0 Å². The molecule has 0 bridgehead atoms. The summed E-state index contributed by atoms with van der Waals surface area (Å²) < 4.78 is 32.7. The third kappa shape index (κ3) is 3.79. The van der Waals surface area contributed by atoms with Gasteiger partial charge >= 0.3 is 0 Å². The van der Waals surface area contributed by atoms with Crippen LogP contribution in [0.3, 0.4) is 0 Å². The van der Waals surface area contributed by atoms with Crippen LogP contribution in [0.4, 0.5) is 8.78 Å². The molecule has 0 heterocycles. The highest BCUT2D eigenvalue weighted by Crippen LogP contribution is 2.21. The van der Waals surface area contributed by atoms with E-state index in [-0.39, 0.29) is 12.2 Å². The number of nitrogens with one attached hydrogen (secondary N) is 1. The highest BCUT2D eigenvalue weighted by molar-refractivity contribution is 5.28. The fraction of sp³-hybridized carbons (Fsp3) is 0.294. The quantitative estimate of drug-likeness (QED) is 0.872. The second-order valence-corrected chi connectivity index (χ2v) is 4.79. The fourth-order valence-electron chi connectivity index (χ4n) is 2.12. The molecule has 0 spiro atoms. The molecule has 0 saturated heterocycles. The summed E-state index contributed by atoms with van der Waals surface area (Å²) >= 11 is 0. The van der Waals surface area contributed by atoms with E-state index in [1.807, 2.05) is 24.3 Å². The van der Waals surface area contributed by atoms with Crippen LogP contribution in [0.25, 0.3) is 0 Å². The minimum absolute atomic E-state index is 0.225. The van der Waals surface area contributed by atoms with Crippen molar-refractivity contribution < 1.29 is 13.5 Å². The molecule has 0 aromatic heterocycles. The molecule has 112 valence electrons. The fourth-order valence-corrected chi connectivity index (χ4v) is 2.12. The number of rotatable bonds is 6. The summed E-state index contributed by atoms with van der Waals surface area (Å²) in [5.74, 6) is -0.967. The van der Waals surface area contributed by atoms with Crippen LogP contribution >= 0.6 is 0 Å². The van der Waals surface area contributed by atoms with Crippen molar-refractivity contribution >= 4 is 0 Å². The lowest BCUT2D eigenvalue weighted by Crippen LogP contribution is -2.24. The molecule has 0 aliphatic carbocycles. The normalized spacial score (nSPS) is 12.2. The second-order valence-electron chi connectivity index (χ2n) is 4.79. The highest BCUT2D eigenvalue weighted by atomic mass is 19.2. The molecule has 4 heteroatoms. The van der Waals surface area contributed by atoms with Crippen LogP contribution in [0.15, 0.2) is 42.5 Å². The smallest absolute Gasteiger partial charge is 0.163 e. The minimum Gasteiger partial charge on any atom is -0.492 e. The van der Waals surface area contributed by atoms with E-state index >= 15 is 0 Å². The summed E-state index contributed by atoms with van der Waals surface area (Å²) in [6.45, 7) is 2.31. The summed E-state index contributed by atoms with van der Waals surface area (Å²) in [6.07, 6.45) is 0.966. The number of hydrogen-bond acceptors (Lipinski definition) is 2. The molecular weight excluding hydrogens is 272 g/mol. The monoisotopic (exact) mass is 291 g/mol. The lowest BCUT2D eigenvalue weighted by atomic mass is 10.1. The van der Waals surface area contributed by atoms with Crippen LogP contribution in [-0.2, 0) is 6.42 Å². The Kier molecular flexibility index (Phi) is 5.28. The van der Waals surface area contributed by atoms with Crippen molar-refractivity contribution in [3.05, 3.63) is 65.2 Å². The summed E-state index contributed by atoms with van der Waals surface area (Å²) in [7, 11) is 1.69. The Balaban J connectivity index is 2.06. The first-order valence-electron chi connectivity index (χ1n) is 6.98. The molecule has 1 unspecified atom stereocenters. The summed E-state index contributed by atoms with van der Waals surface area (Å²) in [4.78, 5) is 0. The van der Waals surface area contributed by atoms with Gasteiger partial charge in [-0.3, -0.25) is 0 Å². The van der Waals surface area contributed by atoms with E-state index in [1.54, 1.807) is 13.1 Å². The van der Waals surface area contributed by atoms with Gasteiger partial charge in [0.05, 0.1) is 6.04 Å². The van der Waals surface area contributed by atoms with E-state index in [0.717, 1.165) is 12.5 Å². The zero-order valence-electron chi connectivity index (χ0n) is 12.2. The Morgan fingerprint density at radius 1 is 1.10 bits per heavy atom. The number of hydrogen-bond donors (Lipinski definition) is 1.